The van der Waals surface area contributed by atoms with Gasteiger partial charge in [-0.1, -0.05) is 0 Å². The molecule has 0 aromatic heterocycles. The van der Waals surface area contributed by atoms with Gasteiger partial charge in [0.1, 0.15) is 6.29 Å². The molecule has 1 rings (SSSR count). The maximum absolute atomic E-state index is 10.2. The number of hydrogen-bond acceptors (Lipinski definition) is 3. The molecule has 3 heteroatoms. The average molecular weight is 129 g/mol. The number of carbonyl (C=O) groups excluding carboxylic acids is 1. The summed E-state index contributed by atoms with van der Waals surface area (Å²) in [6.45, 7) is 3.23. The van der Waals surface area contributed by atoms with E-state index in [1.165, 1.54) is 0 Å². The highest BCUT2D eigenvalue weighted by atomic mass is 16.5. The molecule has 52 valence electrons. The van der Waals surface area contributed by atoms with E-state index < -0.39 is 0 Å². The van der Waals surface area contributed by atoms with E-state index in [1.54, 1.807) is 0 Å². The predicted molar refractivity (Wildman–Crippen MR) is 33.3 cm³/mol. The Balaban J connectivity index is 2.31. The number of nitrogens with one attached hydrogen (secondary N) is 1. The van der Waals surface area contributed by atoms with E-state index in [9.17, 15) is 4.79 Å². The quantitative estimate of drug-likeness (QED) is 0.488. The summed E-state index contributed by atoms with van der Waals surface area (Å²) in [7, 11) is 0. The maximum Gasteiger partial charge on any atom is 0.139 e. The van der Waals surface area contributed by atoms with Crippen LogP contribution in [0.3, 0.4) is 0 Å². The van der Waals surface area contributed by atoms with Crippen molar-refractivity contribution in [1.29, 1.82) is 0 Å². The van der Waals surface area contributed by atoms with Crippen molar-refractivity contribution >= 4 is 6.29 Å². The number of ether oxygens (including phenoxy) is 1. The number of morpholine rings is 1. The molecular formula is C6H11NO2. The molecule has 1 heterocycles. The van der Waals surface area contributed by atoms with Gasteiger partial charge in [0.05, 0.1) is 19.3 Å². The van der Waals surface area contributed by atoms with Crippen LogP contribution in [0.5, 0.6) is 0 Å². The van der Waals surface area contributed by atoms with Gasteiger partial charge in [0.15, 0.2) is 0 Å². The fourth-order valence-electron chi connectivity index (χ4n) is 0.912. The summed E-state index contributed by atoms with van der Waals surface area (Å²) >= 11 is 0. The molecule has 1 saturated heterocycles. The lowest BCUT2D eigenvalue weighted by atomic mass is 10.2. The maximum atomic E-state index is 10.2. The van der Waals surface area contributed by atoms with Gasteiger partial charge in [0, 0.05) is 6.04 Å². The van der Waals surface area contributed by atoms with E-state index in [0.29, 0.717) is 19.3 Å². The van der Waals surface area contributed by atoms with Crippen LogP contribution in [0.25, 0.3) is 0 Å². The minimum absolute atomic E-state index is 0.0891. The van der Waals surface area contributed by atoms with Crippen molar-refractivity contribution in [3.63, 3.8) is 0 Å². The molecule has 1 aliphatic rings. The molecule has 2 unspecified atom stereocenters. The van der Waals surface area contributed by atoms with Gasteiger partial charge in [-0.2, -0.15) is 0 Å². The minimum atomic E-state index is -0.0891. The van der Waals surface area contributed by atoms with Gasteiger partial charge in [0.25, 0.3) is 0 Å². The number of hydrogen-bond donors (Lipinski definition) is 1. The van der Waals surface area contributed by atoms with Crippen LogP contribution in [0.2, 0.25) is 0 Å². The first-order valence-corrected chi connectivity index (χ1v) is 3.12. The van der Waals surface area contributed by atoms with E-state index in [1.807, 2.05) is 6.92 Å². The molecule has 0 aliphatic carbocycles. The van der Waals surface area contributed by atoms with Crippen LogP contribution in [-0.4, -0.2) is 31.6 Å². The smallest absolute Gasteiger partial charge is 0.139 e. The summed E-state index contributed by atoms with van der Waals surface area (Å²) in [6, 6.07) is 0.225. The van der Waals surface area contributed by atoms with Crippen LogP contribution in [0.1, 0.15) is 6.92 Å². The fourth-order valence-corrected chi connectivity index (χ4v) is 0.912. The summed E-state index contributed by atoms with van der Waals surface area (Å²) < 4.78 is 5.09. The second kappa shape index (κ2) is 2.94. The Hall–Kier alpha value is -0.410. The van der Waals surface area contributed by atoms with Crippen LogP contribution in [-0.2, 0) is 9.53 Å². The molecule has 3 nitrogen and oxygen atoms in total. The lowest BCUT2D eigenvalue weighted by molar-refractivity contribution is -0.112. The van der Waals surface area contributed by atoms with Gasteiger partial charge in [-0.15, -0.1) is 0 Å². The molecule has 0 spiro atoms. The second-order valence-electron chi connectivity index (χ2n) is 2.35. The third-order valence-corrected chi connectivity index (χ3v) is 1.33. The highest BCUT2D eigenvalue weighted by Crippen LogP contribution is 1.95. The third kappa shape index (κ3) is 1.77. The SMILES string of the molecule is CC1COCC(C=O)N1. The third-order valence-electron chi connectivity index (χ3n) is 1.33. The zero-order valence-corrected chi connectivity index (χ0v) is 5.46. The second-order valence-corrected chi connectivity index (χ2v) is 2.35. The predicted octanol–water partition coefficient (Wildman–Crippen LogP) is -0.438. The average Bonchev–Trinajstić information content (AvgIpc) is 1.88. The first kappa shape index (κ1) is 6.71. The Morgan fingerprint density at radius 1 is 1.67 bits per heavy atom. The summed E-state index contributed by atoms with van der Waals surface area (Å²) in [6.07, 6.45) is 0.885. The van der Waals surface area contributed by atoms with Gasteiger partial charge in [0.2, 0.25) is 0 Å². The van der Waals surface area contributed by atoms with E-state index >= 15 is 0 Å². The number of aldehydes is 1. The molecule has 0 amide bonds. The molecule has 0 radical (unpaired) electrons. The van der Waals surface area contributed by atoms with Crippen LogP contribution < -0.4 is 5.32 Å². The lowest BCUT2D eigenvalue weighted by Crippen LogP contribution is -2.48. The van der Waals surface area contributed by atoms with Gasteiger partial charge in [-0.3, -0.25) is 0 Å². The summed E-state index contributed by atoms with van der Waals surface area (Å²) in [5.41, 5.74) is 0. The summed E-state index contributed by atoms with van der Waals surface area (Å²) in [5, 5.41) is 3.07. The highest BCUT2D eigenvalue weighted by Gasteiger charge is 2.16. The Morgan fingerprint density at radius 3 is 2.89 bits per heavy atom. The van der Waals surface area contributed by atoms with Crippen molar-refractivity contribution in [3.05, 3.63) is 0 Å². The van der Waals surface area contributed by atoms with Crippen molar-refractivity contribution < 1.29 is 9.53 Å². The minimum Gasteiger partial charge on any atom is -0.378 e. The lowest BCUT2D eigenvalue weighted by Gasteiger charge is -2.24. The Morgan fingerprint density at radius 2 is 2.44 bits per heavy atom. The van der Waals surface area contributed by atoms with E-state index in [2.05, 4.69) is 5.32 Å². The Bertz CT molecular complexity index is 105. The monoisotopic (exact) mass is 129 g/mol. The van der Waals surface area contributed by atoms with Crippen LogP contribution in [0, 0.1) is 0 Å². The van der Waals surface area contributed by atoms with Crippen molar-refractivity contribution in [2.24, 2.45) is 0 Å². The summed E-state index contributed by atoms with van der Waals surface area (Å²) in [4.78, 5) is 10.2. The highest BCUT2D eigenvalue weighted by molar-refractivity contribution is 5.57. The van der Waals surface area contributed by atoms with Crippen molar-refractivity contribution in [1.82, 2.24) is 5.32 Å². The molecule has 9 heavy (non-hydrogen) atoms. The number of carbonyl (C=O) groups is 1. The van der Waals surface area contributed by atoms with Crippen LogP contribution >= 0.6 is 0 Å². The van der Waals surface area contributed by atoms with Gasteiger partial charge in [-0.05, 0) is 6.92 Å². The largest absolute Gasteiger partial charge is 0.378 e. The standard InChI is InChI=1S/C6H11NO2/c1-5-3-9-4-6(2-8)7-5/h2,5-7H,3-4H2,1H3. The van der Waals surface area contributed by atoms with Crippen LogP contribution in [0.4, 0.5) is 0 Å². The number of rotatable bonds is 1. The van der Waals surface area contributed by atoms with Crippen molar-refractivity contribution in [2.45, 2.75) is 19.0 Å². The Kier molecular flexibility index (Phi) is 2.19. The summed E-state index contributed by atoms with van der Waals surface area (Å²) in [5.74, 6) is 0. The molecule has 0 aromatic rings. The van der Waals surface area contributed by atoms with Crippen molar-refractivity contribution in [2.75, 3.05) is 13.2 Å². The zero-order valence-electron chi connectivity index (χ0n) is 5.46. The van der Waals surface area contributed by atoms with E-state index in [4.69, 9.17) is 4.74 Å². The van der Waals surface area contributed by atoms with Gasteiger partial charge < -0.3 is 14.8 Å². The molecule has 0 saturated carbocycles. The molecule has 0 aromatic carbocycles. The van der Waals surface area contributed by atoms with Crippen LogP contribution in [0.15, 0.2) is 0 Å². The zero-order chi connectivity index (χ0) is 6.69. The van der Waals surface area contributed by atoms with Gasteiger partial charge >= 0.3 is 0 Å². The van der Waals surface area contributed by atoms with Crippen molar-refractivity contribution in [3.8, 4) is 0 Å². The molecule has 1 aliphatic heterocycles. The molecular weight excluding hydrogens is 118 g/mol. The topological polar surface area (TPSA) is 38.3 Å². The molecule has 1 N–H and O–H groups in total. The normalized spacial score (nSPS) is 36.1. The van der Waals surface area contributed by atoms with E-state index in [-0.39, 0.29) is 6.04 Å². The molecule has 0 bridgehead atoms. The first-order chi connectivity index (χ1) is 4.33. The van der Waals surface area contributed by atoms with E-state index in [0.717, 1.165) is 6.29 Å². The fraction of sp³-hybridized carbons (Fsp3) is 0.833. The Labute approximate surface area is 54.4 Å². The first-order valence-electron chi connectivity index (χ1n) is 3.12. The molecule has 1 fully saturated rings. The van der Waals surface area contributed by atoms with Gasteiger partial charge in [-0.25, -0.2) is 0 Å². The molecule has 2 atom stereocenters.